The first-order valence-corrected chi connectivity index (χ1v) is 18.1. The summed E-state index contributed by atoms with van der Waals surface area (Å²) in [6.07, 6.45) is 17.6. The van der Waals surface area contributed by atoms with Crippen LogP contribution in [0.2, 0.25) is 0 Å². The normalized spacial score (nSPS) is 15.4. The Morgan fingerprint density at radius 1 is 0.740 bits per heavy atom. The summed E-state index contributed by atoms with van der Waals surface area (Å²) in [7, 11) is 0. The van der Waals surface area contributed by atoms with Gasteiger partial charge in [0.1, 0.15) is 0 Å². The highest BCUT2D eigenvalue weighted by molar-refractivity contribution is 7.20. The number of fused-ring (bicyclic) bond motifs is 1. The number of benzene rings is 4. The second kappa shape index (κ2) is 14.2. The van der Waals surface area contributed by atoms with Gasteiger partial charge in [0, 0.05) is 20.7 Å². The highest BCUT2D eigenvalue weighted by atomic mass is 32.1. The lowest BCUT2D eigenvalue weighted by Gasteiger charge is -2.18. The zero-order chi connectivity index (χ0) is 33.9. The lowest BCUT2D eigenvalue weighted by molar-refractivity contribution is 0.883. The van der Waals surface area contributed by atoms with E-state index in [0.29, 0.717) is 17.5 Å². The first kappa shape index (κ1) is 31.8. The Kier molecular flexibility index (Phi) is 9.00. The molecule has 0 amide bonds. The van der Waals surface area contributed by atoms with Gasteiger partial charge in [0.15, 0.2) is 17.5 Å². The van der Waals surface area contributed by atoms with E-state index in [2.05, 4.69) is 128 Å². The molecule has 2 N–H and O–H groups in total. The average Bonchev–Trinajstić information content (AvgIpc) is 3.56. The predicted molar refractivity (Wildman–Crippen MR) is 210 cm³/mol. The summed E-state index contributed by atoms with van der Waals surface area (Å²) in [4.78, 5) is 16.6. The van der Waals surface area contributed by atoms with Crippen molar-refractivity contribution in [1.29, 1.82) is 0 Å². The quantitative estimate of drug-likeness (QED) is 0.176. The Labute approximate surface area is 297 Å². The van der Waals surface area contributed by atoms with Crippen LogP contribution in [0.1, 0.15) is 66.3 Å². The van der Waals surface area contributed by atoms with E-state index in [1.54, 1.807) is 11.3 Å². The van der Waals surface area contributed by atoms with Crippen LogP contribution in [0.15, 0.2) is 151 Å². The molecule has 0 radical (unpaired) electrons. The van der Waals surface area contributed by atoms with E-state index in [0.717, 1.165) is 69.5 Å². The van der Waals surface area contributed by atoms with Gasteiger partial charge < -0.3 is 5.73 Å². The van der Waals surface area contributed by atoms with Crippen LogP contribution < -0.4 is 5.73 Å². The molecule has 50 heavy (non-hydrogen) atoms. The van der Waals surface area contributed by atoms with Crippen LogP contribution in [0.4, 0.5) is 0 Å². The van der Waals surface area contributed by atoms with Crippen LogP contribution >= 0.6 is 11.3 Å². The maximum atomic E-state index is 7.01. The minimum absolute atomic E-state index is 0.267. The van der Waals surface area contributed by atoms with Crippen molar-refractivity contribution >= 4 is 38.6 Å². The summed E-state index contributed by atoms with van der Waals surface area (Å²) >= 11 is 1.76. The summed E-state index contributed by atoms with van der Waals surface area (Å²) in [5.74, 6) is 2.02. The van der Waals surface area contributed by atoms with E-state index in [1.165, 1.54) is 21.2 Å². The van der Waals surface area contributed by atoms with Crippen molar-refractivity contribution in [2.24, 2.45) is 5.73 Å². The molecule has 0 saturated carbocycles. The Balaban J connectivity index is 1.26. The minimum atomic E-state index is -0.267. The van der Waals surface area contributed by atoms with Gasteiger partial charge in [-0.2, -0.15) is 0 Å². The molecule has 0 bridgehead atoms. The number of rotatable bonds is 8. The summed E-state index contributed by atoms with van der Waals surface area (Å²) in [6, 6.07) is 37.5. The number of allylic oxidation sites excluding steroid dienone is 9. The summed E-state index contributed by atoms with van der Waals surface area (Å²) in [5.41, 5.74) is 17.3. The van der Waals surface area contributed by atoms with E-state index < -0.39 is 0 Å². The van der Waals surface area contributed by atoms with Crippen molar-refractivity contribution in [3.05, 3.63) is 178 Å². The van der Waals surface area contributed by atoms with Crippen LogP contribution in [-0.4, -0.2) is 15.0 Å². The second-order valence-corrected chi connectivity index (χ2v) is 14.0. The molecule has 4 nitrogen and oxygen atoms in total. The standard InChI is InChI=1S/C45H38N4S/c1-30(27-40-41(38-25-11-12-26-39(38)50-40)42(46)33-19-9-4-10-20-33)43-47-44(36-23-13-21-34(28-36)31-15-5-2-6-16-31)49-45(48-43)37-24-14-22-35(29-37)32-17-7-3-8-18-32/h2-7,9-13,15-17,19-21,23-29,42H,8,14,18,22,46H2,1H3/b30-27+. The highest BCUT2D eigenvalue weighted by Crippen LogP contribution is 2.39. The van der Waals surface area contributed by atoms with Gasteiger partial charge in [-0.15, -0.1) is 11.3 Å². The number of hydrogen-bond acceptors (Lipinski definition) is 5. The molecule has 1 unspecified atom stereocenters. The fourth-order valence-corrected chi connectivity index (χ4v) is 8.11. The first-order chi connectivity index (χ1) is 24.6. The molecule has 2 heterocycles. The number of aromatic nitrogens is 3. The SMILES string of the molecule is C/C(=C\c1sc2ccccc2c1C(N)c1ccccc1)c1nc(C2=CCCC(C3=CC=CCC3)=C2)nc(-c2cccc(-c3ccccc3)c2)n1. The van der Waals surface area contributed by atoms with E-state index in [9.17, 15) is 0 Å². The Morgan fingerprint density at radius 2 is 1.46 bits per heavy atom. The molecule has 1 atom stereocenters. The maximum absolute atomic E-state index is 7.01. The van der Waals surface area contributed by atoms with E-state index in [-0.39, 0.29) is 6.04 Å². The average molecular weight is 667 g/mol. The van der Waals surface area contributed by atoms with Crippen LogP contribution in [0.25, 0.3) is 49.8 Å². The molecule has 2 aliphatic carbocycles. The van der Waals surface area contributed by atoms with Gasteiger partial charge in [-0.05, 0) is 101 Å². The van der Waals surface area contributed by atoms with Crippen LogP contribution in [-0.2, 0) is 0 Å². The van der Waals surface area contributed by atoms with Crippen molar-refractivity contribution in [2.75, 3.05) is 0 Å². The molecule has 6 aromatic rings. The monoisotopic (exact) mass is 666 g/mol. The second-order valence-electron chi connectivity index (χ2n) is 12.9. The van der Waals surface area contributed by atoms with Gasteiger partial charge in [0.2, 0.25) is 0 Å². The zero-order valence-electron chi connectivity index (χ0n) is 28.1. The fourth-order valence-electron chi connectivity index (χ4n) is 6.86. The van der Waals surface area contributed by atoms with Crippen molar-refractivity contribution in [2.45, 2.75) is 38.6 Å². The smallest absolute Gasteiger partial charge is 0.164 e. The molecule has 2 aromatic heterocycles. The zero-order valence-corrected chi connectivity index (χ0v) is 28.9. The minimum Gasteiger partial charge on any atom is -0.320 e. The molecule has 0 fully saturated rings. The first-order valence-electron chi connectivity index (χ1n) is 17.3. The summed E-state index contributed by atoms with van der Waals surface area (Å²) in [6.45, 7) is 2.10. The lowest BCUT2D eigenvalue weighted by Crippen LogP contribution is -2.12. The van der Waals surface area contributed by atoms with Crippen LogP contribution in [0.5, 0.6) is 0 Å². The van der Waals surface area contributed by atoms with Gasteiger partial charge in [-0.3, -0.25) is 0 Å². The molecule has 0 saturated heterocycles. The van der Waals surface area contributed by atoms with Crippen molar-refractivity contribution in [3.63, 3.8) is 0 Å². The third kappa shape index (κ3) is 6.58. The maximum Gasteiger partial charge on any atom is 0.164 e. The molecule has 5 heteroatoms. The summed E-state index contributed by atoms with van der Waals surface area (Å²) < 4.78 is 1.21. The predicted octanol–water partition coefficient (Wildman–Crippen LogP) is 11.4. The van der Waals surface area contributed by atoms with Crippen molar-refractivity contribution in [3.8, 4) is 22.5 Å². The third-order valence-corrected chi connectivity index (χ3v) is 10.6. The van der Waals surface area contributed by atoms with Gasteiger partial charge >= 0.3 is 0 Å². The topological polar surface area (TPSA) is 64.7 Å². The van der Waals surface area contributed by atoms with Crippen LogP contribution in [0, 0.1) is 0 Å². The molecule has 8 rings (SSSR count). The molecule has 4 aromatic carbocycles. The molecule has 0 aliphatic heterocycles. The molecule has 244 valence electrons. The van der Waals surface area contributed by atoms with E-state index >= 15 is 0 Å². The van der Waals surface area contributed by atoms with Gasteiger partial charge in [0.05, 0.1) is 6.04 Å². The molecule has 0 spiro atoms. The number of nitrogens with zero attached hydrogens (tertiary/aromatic N) is 3. The summed E-state index contributed by atoms with van der Waals surface area (Å²) in [5, 5.41) is 1.18. The van der Waals surface area contributed by atoms with E-state index in [4.69, 9.17) is 20.7 Å². The Bertz CT molecular complexity index is 2340. The number of nitrogens with two attached hydrogens (primary N) is 1. The number of thiophene rings is 1. The number of hydrogen-bond donors (Lipinski definition) is 1. The largest absolute Gasteiger partial charge is 0.320 e. The Morgan fingerprint density at radius 3 is 2.28 bits per heavy atom. The van der Waals surface area contributed by atoms with Gasteiger partial charge in [-0.1, -0.05) is 121 Å². The van der Waals surface area contributed by atoms with Crippen LogP contribution in [0.3, 0.4) is 0 Å². The van der Waals surface area contributed by atoms with Gasteiger partial charge in [-0.25, -0.2) is 15.0 Å². The van der Waals surface area contributed by atoms with E-state index in [1.807, 2.05) is 24.3 Å². The molecular formula is C45H38N4S. The lowest BCUT2D eigenvalue weighted by atomic mass is 9.89. The Hall–Kier alpha value is -5.49. The highest BCUT2D eigenvalue weighted by Gasteiger charge is 2.21. The van der Waals surface area contributed by atoms with Gasteiger partial charge in [0.25, 0.3) is 0 Å². The molecule has 2 aliphatic rings. The van der Waals surface area contributed by atoms with Crippen molar-refractivity contribution in [1.82, 2.24) is 15.0 Å². The van der Waals surface area contributed by atoms with Crippen molar-refractivity contribution < 1.29 is 0 Å². The molecular weight excluding hydrogens is 629 g/mol. The third-order valence-electron chi connectivity index (χ3n) is 9.49. The fraction of sp³-hybridized carbons (Fsp3) is 0.133.